The molecule has 1 amide bonds. The van der Waals surface area contributed by atoms with Crippen molar-refractivity contribution >= 4 is 57.6 Å². The maximum absolute atomic E-state index is 13.2. The molecule has 1 saturated heterocycles. The Morgan fingerprint density at radius 3 is 2.94 bits per heavy atom. The zero-order valence-corrected chi connectivity index (χ0v) is 19.0. The molecule has 7 nitrogen and oxygen atoms in total. The van der Waals surface area contributed by atoms with Crippen LogP contribution in [0.15, 0.2) is 46.5 Å². The number of nitrogens with zero attached hydrogens (tertiary/aromatic N) is 3. The number of thioether (sulfide) groups is 1. The number of ether oxygens (including phenoxy) is 1. The molecule has 2 unspecified atom stereocenters. The molecule has 162 valence electrons. The van der Waals surface area contributed by atoms with Crippen LogP contribution in [0.2, 0.25) is 10.0 Å². The third-order valence-corrected chi connectivity index (χ3v) is 6.52. The van der Waals surface area contributed by atoms with Gasteiger partial charge in [-0.2, -0.15) is 0 Å². The first kappa shape index (κ1) is 22.1. The van der Waals surface area contributed by atoms with Crippen molar-refractivity contribution in [3.8, 4) is 0 Å². The van der Waals surface area contributed by atoms with Crippen molar-refractivity contribution in [3.63, 3.8) is 0 Å². The summed E-state index contributed by atoms with van der Waals surface area (Å²) in [5.74, 6) is -0.0838. The molecule has 1 N–H and O–H groups in total. The van der Waals surface area contributed by atoms with Gasteiger partial charge in [0, 0.05) is 12.8 Å². The third kappa shape index (κ3) is 5.03. The third-order valence-electron chi connectivity index (χ3n) is 4.94. The topological polar surface area (TPSA) is 86.1 Å². The van der Waals surface area contributed by atoms with Crippen molar-refractivity contribution in [2.75, 3.05) is 11.9 Å². The highest BCUT2D eigenvalue weighted by Crippen LogP contribution is 2.27. The number of amides is 1. The minimum absolute atomic E-state index is 0.0405. The Morgan fingerprint density at radius 2 is 2.19 bits per heavy atom. The van der Waals surface area contributed by atoms with E-state index >= 15 is 0 Å². The highest BCUT2D eigenvalue weighted by atomic mass is 35.5. The summed E-state index contributed by atoms with van der Waals surface area (Å²) in [4.78, 5) is 34.6. The van der Waals surface area contributed by atoms with E-state index in [4.69, 9.17) is 27.9 Å². The minimum atomic E-state index is -0.558. The van der Waals surface area contributed by atoms with Gasteiger partial charge < -0.3 is 10.1 Å². The Bertz CT molecular complexity index is 1180. The summed E-state index contributed by atoms with van der Waals surface area (Å²) in [6.45, 7) is 2.83. The van der Waals surface area contributed by atoms with E-state index in [1.807, 2.05) is 12.1 Å². The van der Waals surface area contributed by atoms with E-state index in [9.17, 15) is 9.59 Å². The largest absolute Gasteiger partial charge is 0.376 e. The Hall–Kier alpha value is -2.13. The number of hydrogen-bond donors (Lipinski definition) is 1. The van der Waals surface area contributed by atoms with Gasteiger partial charge in [-0.3, -0.25) is 14.2 Å². The smallest absolute Gasteiger partial charge is 0.262 e. The molecule has 0 spiro atoms. The summed E-state index contributed by atoms with van der Waals surface area (Å²) < 4.78 is 7.33. The molecule has 0 aliphatic carbocycles. The molecular weight excluding hydrogens is 459 g/mol. The zero-order valence-electron chi connectivity index (χ0n) is 16.7. The van der Waals surface area contributed by atoms with Gasteiger partial charge in [0.2, 0.25) is 5.91 Å². The molecule has 2 aromatic heterocycles. The number of nitrogens with one attached hydrogen (secondary N) is 1. The molecule has 1 aliphatic heterocycles. The molecule has 1 aliphatic rings. The lowest BCUT2D eigenvalue weighted by Gasteiger charge is -2.18. The molecule has 3 heterocycles. The average molecular weight is 479 g/mol. The van der Waals surface area contributed by atoms with Crippen LogP contribution in [-0.4, -0.2) is 38.4 Å². The number of anilines is 1. The van der Waals surface area contributed by atoms with Crippen LogP contribution >= 0.6 is 35.0 Å². The number of pyridine rings is 1. The molecule has 0 saturated carbocycles. The second-order valence-electron chi connectivity index (χ2n) is 7.20. The summed E-state index contributed by atoms with van der Waals surface area (Å²) >= 11 is 13.2. The number of para-hydroxylation sites is 1. The van der Waals surface area contributed by atoms with Crippen molar-refractivity contribution in [2.45, 2.75) is 42.8 Å². The molecular formula is C21H20Cl2N4O3S. The predicted octanol–water partition coefficient (Wildman–Crippen LogP) is 4.40. The van der Waals surface area contributed by atoms with Gasteiger partial charge in [-0.15, -0.1) is 0 Å². The normalized spacial score (nSPS) is 17.1. The molecule has 1 fully saturated rings. The van der Waals surface area contributed by atoms with Gasteiger partial charge in [0.15, 0.2) is 11.0 Å². The van der Waals surface area contributed by atoms with Gasteiger partial charge in [0.25, 0.3) is 5.56 Å². The maximum atomic E-state index is 13.2. The van der Waals surface area contributed by atoms with Gasteiger partial charge in [-0.05, 0) is 38.0 Å². The van der Waals surface area contributed by atoms with Crippen molar-refractivity contribution in [1.29, 1.82) is 0 Å². The fourth-order valence-corrected chi connectivity index (χ4v) is 4.67. The van der Waals surface area contributed by atoms with Gasteiger partial charge in [-0.25, -0.2) is 9.97 Å². The number of hydrogen-bond acceptors (Lipinski definition) is 6. The Kier molecular flexibility index (Phi) is 6.81. The van der Waals surface area contributed by atoms with E-state index in [0.717, 1.165) is 12.8 Å². The number of carbonyl (C=O) groups excluding carboxylic acids is 1. The van der Waals surface area contributed by atoms with E-state index in [-0.39, 0.29) is 28.4 Å². The maximum Gasteiger partial charge on any atom is 0.262 e. The highest BCUT2D eigenvalue weighted by molar-refractivity contribution is 8.00. The molecule has 1 aromatic carbocycles. The van der Waals surface area contributed by atoms with E-state index in [1.165, 1.54) is 24.0 Å². The molecule has 4 rings (SSSR count). The summed E-state index contributed by atoms with van der Waals surface area (Å²) in [6.07, 6.45) is 3.23. The van der Waals surface area contributed by atoms with Gasteiger partial charge in [0.1, 0.15) is 0 Å². The van der Waals surface area contributed by atoms with Crippen LogP contribution in [0.3, 0.4) is 0 Å². The quantitative estimate of drug-likeness (QED) is 0.417. The second-order valence-corrected chi connectivity index (χ2v) is 9.35. The Labute approximate surface area is 193 Å². The number of fused-ring (bicyclic) bond motifs is 1. The lowest BCUT2D eigenvalue weighted by molar-refractivity contribution is -0.115. The van der Waals surface area contributed by atoms with Crippen LogP contribution in [0.25, 0.3) is 10.9 Å². The first-order valence-corrected chi connectivity index (χ1v) is 11.5. The predicted molar refractivity (Wildman–Crippen MR) is 123 cm³/mol. The summed E-state index contributed by atoms with van der Waals surface area (Å²) in [5, 5.41) is 3.78. The van der Waals surface area contributed by atoms with E-state index < -0.39 is 5.25 Å². The van der Waals surface area contributed by atoms with Gasteiger partial charge >= 0.3 is 0 Å². The van der Waals surface area contributed by atoms with Crippen LogP contribution in [0.5, 0.6) is 0 Å². The SMILES string of the molecule is CC(Sc1nc2ccccc2c(=O)n1CC1CCCO1)C(=O)Nc1ncc(Cl)cc1Cl. The minimum Gasteiger partial charge on any atom is -0.376 e. The van der Waals surface area contributed by atoms with E-state index in [0.29, 0.717) is 34.2 Å². The first-order valence-electron chi connectivity index (χ1n) is 9.82. The lowest BCUT2D eigenvalue weighted by Crippen LogP contribution is -2.30. The molecule has 31 heavy (non-hydrogen) atoms. The molecule has 2 atom stereocenters. The Balaban J connectivity index is 1.61. The van der Waals surface area contributed by atoms with Crippen LogP contribution < -0.4 is 10.9 Å². The highest BCUT2D eigenvalue weighted by Gasteiger charge is 2.23. The zero-order chi connectivity index (χ0) is 22.0. The standard InChI is InChI=1S/C21H20Cl2N4O3S/c1-12(19(28)26-18-16(23)9-13(22)10-24-18)31-21-25-17-7-3-2-6-15(17)20(29)27(21)11-14-5-4-8-30-14/h2-3,6-7,9-10,12,14H,4-5,8,11H2,1H3,(H,24,26,28). The van der Waals surface area contributed by atoms with E-state index in [1.54, 1.807) is 23.6 Å². The van der Waals surface area contributed by atoms with Crippen molar-refractivity contribution in [1.82, 2.24) is 14.5 Å². The van der Waals surface area contributed by atoms with Gasteiger partial charge in [-0.1, -0.05) is 47.1 Å². The van der Waals surface area contributed by atoms with E-state index in [2.05, 4.69) is 15.3 Å². The summed E-state index contributed by atoms with van der Waals surface area (Å²) in [6, 6.07) is 8.70. The molecule has 10 heteroatoms. The fourth-order valence-electron chi connectivity index (χ4n) is 3.33. The van der Waals surface area contributed by atoms with Crippen molar-refractivity contribution in [3.05, 3.63) is 56.9 Å². The second kappa shape index (κ2) is 9.56. The fraction of sp³-hybridized carbons (Fsp3) is 0.333. The summed E-state index contributed by atoms with van der Waals surface area (Å²) in [5.41, 5.74) is 0.451. The number of benzene rings is 1. The number of rotatable bonds is 6. The van der Waals surface area contributed by atoms with Crippen LogP contribution in [0, 0.1) is 0 Å². The first-order chi connectivity index (χ1) is 14.9. The van der Waals surface area contributed by atoms with Crippen molar-refractivity contribution in [2.24, 2.45) is 0 Å². The average Bonchev–Trinajstić information content (AvgIpc) is 3.26. The van der Waals surface area contributed by atoms with Crippen LogP contribution in [0.1, 0.15) is 19.8 Å². The molecule has 0 radical (unpaired) electrons. The number of aromatic nitrogens is 3. The monoisotopic (exact) mass is 478 g/mol. The van der Waals surface area contributed by atoms with Crippen LogP contribution in [0.4, 0.5) is 5.82 Å². The number of halogens is 2. The van der Waals surface area contributed by atoms with Crippen molar-refractivity contribution < 1.29 is 9.53 Å². The molecule has 0 bridgehead atoms. The lowest BCUT2D eigenvalue weighted by atomic mass is 10.2. The van der Waals surface area contributed by atoms with Crippen LogP contribution in [-0.2, 0) is 16.1 Å². The molecule has 3 aromatic rings. The van der Waals surface area contributed by atoms with Gasteiger partial charge in [0.05, 0.1) is 38.8 Å². The summed E-state index contributed by atoms with van der Waals surface area (Å²) in [7, 11) is 0. The number of carbonyl (C=O) groups is 1. The Morgan fingerprint density at radius 1 is 1.39 bits per heavy atom.